The second-order valence-corrected chi connectivity index (χ2v) is 4.46. The average molecular weight is 324 g/mol. The first-order chi connectivity index (χ1) is 10.9. The van der Waals surface area contributed by atoms with Gasteiger partial charge >= 0.3 is 6.18 Å². The maximum Gasteiger partial charge on any atom is 0.417 e. The van der Waals surface area contributed by atoms with E-state index in [2.05, 4.69) is 15.5 Å². The summed E-state index contributed by atoms with van der Waals surface area (Å²) in [5.41, 5.74) is 1.03. The van der Waals surface area contributed by atoms with Gasteiger partial charge in [0.1, 0.15) is 6.54 Å². The Labute approximate surface area is 128 Å². The molecule has 0 radical (unpaired) electrons. The molecule has 0 spiro atoms. The van der Waals surface area contributed by atoms with Crippen molar-refractivity contribution in [2.24, 2.45) is 5.10 Å². The van der Waals surface area contributed by atoms with Crippen LogP contribution in [0.4, 0.5) is 13.2 Å². The van der Waals surface area contributed by atoms with E-state index in [0.29, 0.717) is 22.4 Å². The van der Waals surface area contributed by atoms with Gasteiger partial charge in [-0.25, -0.2) is 5.43 Å². The number of hydrazone groups is 1. The Morgan fingerprint density at radius 3 is 2.78 bits per heavy atom. The van der Waals surface area contributed by atoms with Gasteiger partial charge in [-0.15, -0.1) is 0 Å². The molecule has 0 unspecified atom stereocenters. The highest BCUT2D eigenvalue weighted by molar-refractivity contribution is 5.81. The van der Waals surface area contributed by atoms with Crippen molar-refractivity contribution < 1.29 is 18.0 Å². The Balaban J connectivity index is 2.03. The summed E-state index contributed by atoms with van der Waals surface area (Å²) < 4.78 is 38.4. The van der Waals surface area contributed by atoms with Crippen molar-refractivity contribution in [3.8, 4) is 0 Å². The van der Waals surface area contributed by atoms with E-state index in [1.807, 2.05) is 0 Å². The number of carbonyl (C=O) groups excluding carboxylic acids is 1. The molecule has 9 heteroatoms. The van der Waals surface area contributed by atoms with E-state index < -0.39 is 29.8 Å². The second kappa shape index (κ2) is 6.86. The van der Waals surface area contributed by atoms with Gasteiger partial charge in [-0.1, -0.05) is 6.07 Å². The highest BCUT2D eigenvalue weighted by Gasteiger charge is 2.31. The van der Waals surface area contributed by atoms with E-state index in [1.54, 1.807) is 18.3 Å². The number of alkyl halides is 3. The molecule has 2 rings (SSSR count). The number of pyridine rings is 2. The van der Waals surface area contributed by atoms with Crippen molar-refractivity contribution in [2.75, 3.05) is 0 Å². The maximum absolute atomic E-state index is 12.6. The van der Waals surface area contributed by atoms with Crippen LogP contribution in [0, 0.1) is 0 Å². The number of nitrogens with zero attached hydrogens (tertiary/aromatic N) is 3. The summed E-state index contributed by atoms with van der Waals surface area (Å²) in [6.07, 6.45) is 0.389. The first kappa shape index (κ1) is 16.4. The number of aromatic nitrogens is 2. The molecule has 0 aliphatic heterocycles. The lowest BCUT2D eigenvalue weighted by Gasteiger charge is -2.09. The molecular formula is C14H11F3N4O2. The molecule has 0 bridgehead atoms. The predicted molar refractivity (Wildman–Crippen MR) is 75.7 cm³/mol. The van der Waals surface area contributed by atoms with Crippen LogP contribution < -0.4 is 11.0 Å². The monoisotopic (exact) mass is 324 g/mol. The van der Waals surface area contributed by atoms with E-state index in [1.165, 1.54) is 12.4 Å². The SMILES string of the molecule is O=C(Cn1cc(C(F)(F)F)ccc1=O)N/N=C/c1cccnc1. The number of rotatable bonds is 4. The van der Waals surface area contributed by atoms with Crippen molar-refractivity contribution in [1.82, 2.24) is 15.0 Å². The van der Waals surface area contributed by atoms with Crippen LogP contribution in [0.15, 0.2) is 52.8 Å². The van der Waals surface area contributed by atoms with Gasteiger partial charge in [0.15, 0.2) is 0 Å². The zero-order valence-electron chi connectivity index (χ0n) is 11.6. The summed E-state index contributed by atoms with van der Waals surface area (Å²) in [4.78, 5) is 27.0. The van der Waals surface area contributed by atoms with Crippen LogP contribution in [0.2, 0.25) is 0 Å². The lowest BCUT2D eigenvalue weighted by atomic mass is 10.3. The van der Waals surface area contributed by atoms with Crippen LogP contribution in [0.3, 0.4) is 0 Å². The van der Waals surface area contributed by atoms with Gasteiger partial charge in [0, 0.05) is 30.2 Å². The largest absolute Gasteiger partial charge is 0.417 e. The summed E-state index contributed by atoms with van der Waals surface area (Å²) in [6, 6.07) is 4.79. The summed E-state index contributed by atoms with van der Waals surface area (Å²) in [6.45, 7) is -0.576. The smallest absolute Gasteiger partial charge is 0.305 e. The molecule has 0 aliphatic rings. The number of nitrogens with one attached hydrogen (secondary N) is 1. The molecule has 1 N–H and O–H groups in total. The fourth-order valence-electron chi connectivity index (χ4n) is 1.64. The summed E-state index contributed by atoms with van der Waals surface area (Å²) in [5, 5.41) is 3.64. The molecule has 2 aromatic rings. The van der Waals surface area contributed by atoms with Gasteiger partial charge in [0.2, 0.25) is 0 Å². The lowest BCUT2D eigenvalue weighted by Crippen LogP contribution is -2.30. The minimum absolute atomic E-state index is 0.576. The van der Waals surface area contributed by atoms with E-state index in [4.69, 9.17) is 0 Å². The Kier molecular flexibility index (Phi) is 4.89. The highest BCUT2D eigenvalue weighted by atomic mass is 19.4. The van der Waals surface area contributed by atoms with Gasteiger partial charge in [-0.2, -0.15) is 18.3 Å². The summed E-state index contributed by atoms with van der Waals surface area (Å²) in [7, 11) is 0. The van der Waals surface area contributed by atoms with Crippen LogP contribution in [-0.2, 0) is 17.5 Å². The molecule has 0 saturated carbocycles. The molecule has 0 aromatic carbocycles. The zero-order valence-corrected chi connectivity index (χ0v) is 11.6. The third-order valence-electron chi connectivity index (χ3n) is 2.71. The number of halogens is 3. The normalized spacial score (nSPS) is 11.6. The van der Waals surface area contributed by atoms with Crippen molar-refractivity contribution in [1.29, 1.82) is 0 Å². The van der Waals surface area contributed by atoms with Gasteiger partial charge in [-0.3, -0.25) is 14.6 Å². The third kappa shape index (κ3) is 4.77. The lowest BCUT2D eigenvalue weighted by molar-refractivity contribution is -0.138. The first-order valence-electron chi connectivity index (χ1n) is 6.36. The highest BCUT2D eigenvalue weighted by Crippen LogP contribution is 2.27. The van der Waals surface area contributed by atoms with Crippen LogP contribution in [0.5, 0.6) is 0 Å². The van der Waals surface area contributed by atoms with E-state index in [-0.39, 0.29) is 0 Å². The van der Waals surface area contributed by atoms with Crippen molar-refractivity contribution >= 4 is 12.1 Å². The van der Waals surface area contributed by atoms with Crippen LogP contribution >= 0.6 is 0 Å². The van der Waals surface area contributed by atoms with Gasteiger partial charge < -0.3 is 4.57 Å². The van der Waals surface area contributed by atoms with Gasteiger partial charge in [0.25, 0.3) is 11.5 Å². The molecule has 0 aliphatic carbocycles. The van der Waals surface area contributed by atoms with Crippen LogP contribution in [-0.4, -0.2) is 21.7 Å². The summed E-state index contributed by atoms with van der Waals surface area (Å²) >= 11 is 0. The van der Waals surface area contributed by atoms with Crippen molar-refractivity contribution in [3.05, 3.63) is 64.3 Å². The second-order valence-electron chi connectivity index (χ2n) is 4.46. The molecule has 6 nitrogen and oxygen atoms in total. The topological polar surface area (TPSA) is 76.3 Å². The Morgan fingerprint density at radius 1 is 1.35 bits per heavy atom. The van der Waals surface area contributed by atoms with Gasteiger partial charge in [0.05, 0.1) is 11.8 Å². The molecule has 2 aromatic heterocycles. The minimum Gasteiger partial charge on any atom is -0.305 e. The Morgan fingerprint density at radius 2 is 2.13 bits per heavy atom. The zero-order chi connectivity index (χ0) is 16.9. The molecule has 2 heterocycles. The molecule has 23 heavy (non-hydrogen) atoms. The van der Waals surface area contributed by atoms with Crippen molar-refractivity contribution in [2.45, 2.75) is 12.7 Å². The minimum atomic E-state index is -4.59. The first-order valence-corrected chi connectivity index (χ1v) is 6.36. The molecular weight excluding hydrogens is 313 g/mol. The predicted octanol–water partition coefficient (Wildman–Crippen LogP) is 1.41. The van der Waals surface area contributed by atoms with E-state index in [0.717, 1.165) is 6.07 Å². The molecule has 120 valence electrons. The number of hydrogen-bond acceptors (Lipinski definition) is 4. The number of carbonyl (C=O) groups is 1. The Hall–Kier alpha value is -2.97. The molecule has 0 saturated heterocycles. The molecule has 0 atom stereocenters. The van der Waals surface area contributed by atoms with E-state index in [9.17, 15) is 22.8 Å². The summed E-state index contributed by atoms with van der Waals surface area (Å²) in [5.74, 6) is -0.730. The van der Waals surface area contributed by atoms with E-state index >= 15 is 0 Å². The standard InChI is InChI=1S/C14H11F3N4O2/c15-14(16,17)11-3-4-13(23)21(8-11)9-12(22)20-19-7-10-2-1-5-18-6-10/h1-8H,9H2,(H,20,22)/b19-7+. The van der Waals surface area contributed by atoms with Gasteiger partial charge in [-0.05, 0) is 12.1 Å². The third-order valence-corrected chi connectivity index (χ3v) is 2.71. The molecule has 0 fully saturated rings. The fraction of sp³-hybridized carbons (Fsp3) is 0.143. The maximum atomic E-state index is 12.6. The fourth-order valence-corrected chi connectivity index (χ4v) is 1.64. The van der Waals surface area contributed by atoms with Crippen LogP contribution in [0.1, 0.15) is 11.1 Å². The quantitative estimate of drug-likeness (QED) is 0.682. The Bertz CT molecular complexity index is 770. The number of hydrogen-bond donors (Lipinski definition) is 1. The average Bonchev–Trinajstić information content (AvgIpc) is 2.49. The molecule has 1 amide bonds. The van der Waals surface area contributed by atoms with Crippen LogP contribution in [0.25, 0.3) is 0 Å². The number of amides is 1. The van der Waals surface area contributed by atoms with Crippen molar-refractivity contribution in [3.63, 3.8) is 0 Å².